The monoisotopic (exact) mass is 1190 g/mol. The van der Waals surface area contributed by atoms with Crippen LogP contribution in [-0.4, -0.2) is 24.1 Å². The summed E-state index contributed by atoms with van der Waals surface area (Å²) in [6, 6.07) is 85.4. The van der Waals surface area contributed by atoms with Crippen LogP contribution in [0.1, 0.15) is 55.6 Å². The van der Waals surface area contributed by atoms with Crippen LogP contribution in [0.15, 0.2) is 212 Å². The van der Waals surface area contributed by atoms with Gasteiger partial charge in [-0.25, -0.2) is 15.0 Å². The average Bonchev–Trinajstić information content (AvgIpc) is 1.57. The molecule has 14 rings (SSSR count). The van der Waals surface area contributed by atoms with Gasteiger partial charge in [0.05, 0.1) is 150 Å². The van der Waals surface area contributed by atoms with E-state index < -0.39 is 0 Å². The van der Waals surface area contributed by atoms with E-state index in [1.807, 2.05) is 115 Å². The molecule has 0 unspecified atom stereocenters. The first-order valence-corrected chi connectivity index (χ1v) is 28.9. The molecule has 3 aromatic heterocycles. The van der Waals surface area contributed by atoms with E-state index in [4.69, 9.17) is 15.0 Å². The summed E-state index contributed by atoms with van der Waals surface area (Å²) in [4.78, 5) is 15.9. The number of nitrogens with zero attached hydrogens (tertiary/aromatic N) is 15. The maximum Gasteiger partial charge on any atom is 0.166 e. The largest absolute Gasteiger partial charge is 0.308 e. The summed E-state index contributed by atoms with van der Waals surface area (Å²) in [7, 11) is 0. The molecule has 11 aromatic carbocycles. The third kappa shape index (κ3) is 9.97. The zero-order valence-electron chi connectivity index (χ0n) is 48.9. The first kappa shape index (κ1) is 56.7. The lowest BCUT2D eigenvalue weighted by Crippen LogP contribution is -2.06. The van der Waals surface area contributed by atoms with E-state index >= 15 is 0 Å². The second-order valence-corrected chi connectivity index (χ2v) is 22.0. The molecule has 0 aliphatic heterocycles. The highest BCUT2D eigenvalue weighted by Crippen LogP contribution is 2.44. The normalized spacial score (nSPS) is 10.7. The molecule has 0 aliphatic rings. The Hall–Kier alpha value is -15.1. The van der Waals surface area contributed by atoms with Crippen LogP contribution in [0.3, 0.4) is 0 Å². The van der Waals surface area contributed by atoms with Gasteiger partial charge in [0, 0.05) is 38.2 Å². The molecule has 0 saturated heterocycles. The summed E-state index contributed by atoms with van der Waals surface area (Å²) in [6.07, 6.45) is 0. The highest BCUT2D eigenvalue weighted by Gasteiger charge is 2.25. The van der Waals surface area contributed by atoms with Gasteiger partial charge in [-0.3, -0.25) is 0 Å². The summed E-state index contributed by atoms with van der Waals surface area (Å²) in [5, 5.41) is 105. The van der Waals surface area contributed by atoms with Crippen LogP contribution in [0.25, 0.3) is 134 Å². The molecule has 0 aliphatic carbocycles. The molecule has 94 heavy (non-hydrogen) atoms. The number of hydrogen-bond donors (Lipinski definition) is 0. The molecule has 15 heteroatoms. The Bertz CT molecular complexity index is 5390. The fraction of sp³-hybridized carbons (Fsp3) is 0. The Morgan fingerprint density at radius 3 is 0.745 bits per heavy atom. The van der Waals surface area contributed by atoms with Gasteiger partial charge in [0.25, 0.3) is 0 Å². The van der Waals surface area contributed by atoms with Crippen molar-refractivity contribution < 1.29 is 0 Å². The second-order valence-electron chi connectivity index (χ2n) is 22.0. The minimum absolute atomic E-state index is 0.173. The topological polar surface area (TPSA) is 286 Å². The Kier molecular flexibility index (Phi) is 14.0. The van der Waals surface area contributed by atoms with Gasteiger partial charge < -0.3 is 9.13 Å². The van der Waals surface area contributed by atoms with Gasteiger partial charge in [-0.1, -0.05) is 54.6 Å². The highest BCUT2D eigenvalue weighted by molar-refractivity contribution is 6.14. The Balaban J connectivity index is 1.03. The lowest BCUT2D eigenvalue weighted by molar-refractivity contribution is 1.06. The number of hydrogen-bond acceptors (Lipinski definition) is 13. The zero-order valence-corrected chi connectivity index (χ0v) is 48.9. The maximum atomic E-state index is 10.7. The standard InChI is InChI=1S/C79H35N15/c80-36-46-6-12-75(93-71-14-8-57(61-22-48(38-82)18-49(23-61)39-83)32-65(71)66-33-58(9-15-72(66)93)62-24-50(40-84)19-51(25-62)41-85)69(30-46)78-90-77(56-4-2-1-3-5-56)91-79(92-78)70-31-47(37-81)7-13-76(70)94-73-16-10-59(63-26-52(42-86)20-53(27-63)43-87)34-67(73)68-35-60(11-17-74(68)94)64-28-54(44-88)21-55(29-64)45-89/h1-35H. The van der Waals surface area contributed by atoms with Crippen molar-refractivity contribution in [2.24, 2.45) is 0 Å². The lowest BCUT2D eigenvalue weighted by Gasteiger charge is -2.17. The molecule has 14 aromatic rings. The number of aromatic nitrogens is 5. The van der Waals surface area contributed by atoms with Gasteiger partial charge in [0.15, 0.2) is 17.5 Å². The minimum Gasteiger partial charge on any atom is -0.308 e. The molecule has 0 spiro atoms. The van der Waals surface area contributed by atoms with Crippen molar-refractivity contribution in [1.29, 1.82) is 52.6 Å². The fourth-order valence-electron chi connectivity index (χ4n) is 12.3. The molecular weight excluding hydrogens is 1160 g/mol. The van der Waals surface area contributed by atoms with Crippen molar-refractivity contribution >= 4 is 43.6 Å². The predicted molar refractivity (Wildman–Crippen MR) is 354 cm³/mol. The SMILES string of the molecule is N#Cc1cc(C#N)cc(-c2ccc3c(c2)c2cc(-c4cc(C#N)cc(C#N)c4)ccc2n3-c2ccc(C#N)cc2-c2nc(-c3ccccc3)nc(-c3cc(C#N)ccc3-n3c4ccc(-c5cc(C#N)cc(C#N)c5)cc4c4cc(-c5cc(C#N)cc(C#N)c5)ccc43)n2)c1. The van der Waals surface area contributed by atoms with Crippen molar-refractivity contribution in [2.75, 3.05) is 0 Å². The third-order valence-corrected chi connectivity index (χ3v) is 16.5. The summed E-state index contributed by atoms with van der Waals surface area (Å²) >= 11 is 0. The van der Waals surface area contributed by atoms with E-state index in [2.05, 4.69) is 69.8 Å². The summed E-state index contributed by atoms with van der Waals surface area (Å²) in [5.74, 6) is 0.619. The van der Waals surface area contributed by atoms with Gasteiger partial charge in [-0.2, -0.15) is 52.6 Å². The van der Waals surface area contributed by atoms with Gasteiger partial charge in [0.2, 0.25) is 0 Å². The smallest absolute Gasteiger partial charge is 0.166 e. The van der Waals surface area contributed by atoms with Gasteiger partial charge in [0.1, 0.15) is 0 Å². The molecule has 0 N–H and O–H groups in total. The van der Waals surface area contributed by atoms with E-state index in [0.717, 1.165) is 43.8 Å². The first-order valence-electron chi connectivity index (χ1n) is 28.9. The van der Waals surface area contributed by atoms with E-state index in [9.17, 15) is 52.6 Å². The minimum atomic E-state index is 0.173. The van der Waals surface area contributed by atoms with Gasteiger partial charge >= 0.3 is 0 Å². The number of nitriles is 10. The maximum absolute atomic E-state index is 10.7. The molecule has 426 valence electrons. The van der Waals surface area contributed by atoms with Crippen LogP contribution < -0.4 is 0 Å². The summed E-state index contributed by atoms with van der Waals surface area (Å²) in [6.45, 7) is 0. The van der Waals surface area contributed by atoms with Crippen LogP contribution in [0, 0.1) is 113 Å². The molecule has 0 fully saturated rings. The lowest BCUT2D eigenvalue weighted by atomic mass is 9.97. The molecule has 15 nitrogen and oxygen atoms in total. The number of benzene rings is 11. The van der Waals surface area contributed by atoms with Crippen molar-refractivity contribution in [3.8, 4) is 151 Å². The molecule has 3 heterocycles. The van der Waals surface area contributed by atoms with Crippen LogP contribution in [0.5, 0.6) is 0 Å². The molecule has 0 bridgehead atoms. The second kappa shape index (κ2) is 23.2. The quantitative estimate of drug-likeness (QED) is 0.130. The van der Waals surface area contributed by atoms with Crippen molar-refractivity contribution in [1.82, 2.24) is 24.1 Å². The summed E-state index contributed by atoms with van der Waals surface area (Å²) < 4.78 is 4.10. The predicted octanol–water partition coefficient (Wildman–Crippen LogP) is 16.5. The number of rotatable bonds is 9. The Morgan fingerprint density at radius 1 is 0.213 bits per heavy atom. The van der Waals surface area contributed by atoms with Gasteiger partial charge in [-0.15, -0.1) is 0 Å². The Morgan fingerprint density at radius 2 is 0.479 bits per heavy atom. The van der Waals surface area contributed by atoms with Gasteiger partial charge in [-0.05, 0) is 202 Å². The van der Waals surface area contributed by atoms with E-state index in [0.29, 0.717) is 128 Å². The highest BCUT2D eigenvalue weighted by atomic mass is 15.1. The van der Waals surface area contributed by atoms with E-state index in [-0.39, 0.29) is 17.5 Å². The third-order valence-electron chi connectivity index (χ3n) is 16.5. The Labute approximate surface area is 536 Å². The first-order chi connectivity index (χ1) is 46.0. The fourth-order valence-corrected chi connectivity index (χ4v) is 12.3. The van der Waals surface area contributed by atoms with Crippen molar-refractivity contribution in [2.45, 2.75) is 0 Å². The molecule has 0 saturated carbocycles. The zero-order chi connectivity index (χ0) is 64.7. The van der Waals surface area contributed by atoms with Crippen molar-refractivity contribution in [3.05, 3.63) is 268 Å². The molecule has 0 atom stereocenters. The molecule has 0 amide bonds. The van der Waals surface area contributed by atoms with Crippen LogP contribution >= 0.6 is 0 Å². The van der Waals surface area contributed by atoms with Crippen LogP contribution in [-0.2, 0) is 0 Å². The molecule has 0 radical (unpaired) electrons. The van der Waals surface area contributed by atoms with Crippen LogP contribution in [0.2, 0.25) is 0 Å². The average molecular weight is 1190 g/mol. The van der Waals surface area contributed by atoms with Crippen molar-refractivity contribution in [3.63, 3.8) is 0 Å². The number of fused-ring (bicyclic) bond motifs is 6. The summed E-state index contributed by atoms with van der Waals surface area (Å²) in [5.41, 5.74) is 14.1. The van der Waals surface area contributed by atoms with Crippen LogP contribution in [0.4, 0.5) is 0 Å². The van der Waals surface area contributed by atoms with E-state index in [1.54, 1.807) is 72.8 Å². The van der Waals surface area contributed by atoms with E-state index in [1.165, 1.54) is 24.3 Å². The molecular formula is C79H35N15.